The molecule has 0 aliphatic carbocycles. The number of hydrogen-bond acceptors (Lipinski definition) is 3. The van der Waals surface area contributed by atoms with Crippen molar-refractivity contribution in [2.75, 3.05) is 26.7 Å². The van der Waals surface area contributed by atoms with Crippen LogP contribution >= 0.6 is 0 Å². The zero-order chi connectivity index (χ0) is 12.7. The molecular weight excluding hydrogens is 222 g/mol. The second-order valence-electron chi connectivity index (χ2n) is 4.50. The number of carbonyl (C=O) groups excluding carboxylic acids is 1. The summed E-state index contributed by atoms with van der Waals surface area (Å²) in [4.78, 5) is 23.9. The van der Waals surface area contributed by atoms with Gasteiger partial charge in [0.25, 0.3) is 0 Å². The molecule has 0 aromatic heterocycles. The van der Waals surface area contributed by atoms with Gasteiger partial charge in [0.05, 0.1) is 0 Å². The van der Waals surface area contributed by atoms with Crippen LogP contribution in [0.1, 0.15) is 25.7 Å². The minimum Gasteiger partial charge on any atom is -0.481 e. The Morgan fingerprint density at radius 2 is 2.24 bits per heavy atom. The zero-order valence-corrected chi connectivity index (χ0v) is 10.2. The van der Waals surface area contributed by atoms with E-state index < -0.39 is 5.97 Å². The molecule has 0 saturated carbocycles. The van der Waals surface area contributed by atoms with E-state index in [2.05, 4.69) is 15.5 Å². The van der Waals surface area contributed by atoms with Crippen LogP contribution in [0.3, 0.4) is 0 Å². The monoisotopic (exact) mass is 243 g/mol. The topological polar surface area (TPSA) is 81.7 Å². The lowest BCUT2D eigenvalue weighted by atomic mass is 10.1. The summed E-state index contributed by atoms with van der Waals surface area (Å²) in [7, 11) is 2.04. The summed E-state index contributed by atoms with van der Waals surface area (Å²) in [5.41, 5.74) is 0. The largest absolute Gasteiger partial charge is 0.481 e. The van der Waals surface area contributed by atoms with E-state index in [1.54, 1.807) is 0 Å². The third-order valence-electron chi connectivity index (χ3n) is 2.81. The van der Waals surface area contributed by atoms with Gasteiger partial charge in [0, 0.05) is 25.6 Å². The number of likely N-dealkylation sites (N-methyl/N-ethyl adjacent to an activating group) is 1. The van der Waals surface area contributed by atoms with Crippen LogP contribution in [0.5, 0.6) is 0 Å². The van der Waals surface area contributed by atoms with Crippen molar-refractivity contribution in [1.82, 2.24) is 15.5 Å². The van der Waals surface area contributed by atoms with E-state index >= 15 is 0 Å². The van der Waals surface area contributed by atoms with Crippen LogP contribution in [0.4, 0.5) is 4.79 Å². The van der Waals surface area contributed by atoms with Crippen LogP contribution in [0, 0.1) is 0 Å². The molecule has 1 heterocycles. The van der Waals surface area contributed by atoms with E-state index in [-0.39, 0.29) is 18.5 Å². The lowest BCUT2D eigenvalue weighted by Crippen LogP contribution is -2.49. The number of nitrogens with one attached hydrogen (secondary N) is 2. The Kier molecular flexibility index (Phi) is 5.76. The predicted molar refractivity (Wildman–Crippen MR) is 63.9 cm³/mol. The number of hydrogen-bond donors (Lipinski definition) is 3. The number of amides is 2. The fourth-order valence-corrected chi connectivity index (χ4v) is 1.96. The van der Waals surface area contributed by atoms with Crippen LogP contribution in [-0.4, -0.2) is 54.7 Å². The first-order chi connectivity index (χ1) is 8.08. The van der Waals surface area contributed by atoms with Crippen molar-refractivity contribution in [1.29, 1.82) is 0 Å². The van der Waals surface area contributed by atoms with Crippen molar-refractivity contribution >= 4 is 12.0 Å². The SMILES string of the molecule is CN1CCCC(NC(=O)NCCCC(=O)O)C1. The molecule has 2 amide bonds. The Bertz CT molecular complexity index is 271. The van der Waals surface area contributed by atoms with Gasteiger partial charge in [0.1, 0.15) is 0 Å². The highest BCUT2D eigenvalue weighted by molar-refractivity contribution is 5.74. The predicted octanol–water partition coefficient (Wildman–Crippen LogP) is 0.245. The molecule has 0 aromatic rings. The van der Waals surface area contributed by atoms with Gasteiger partial charge in [0.2, 0.25) is 0 Å². The van der Waals surface area contributed by atoms with E-state index in [0.717, 1.165) is 25.9 Å². The fourth-order valence-electron chi connectivity index (χ4n) is 1.96. The number of urea groups is 1. The lowest BCUT2D eigenvalue weighted by molar-refractivity contribution is -0.137. The van der Waals surface area contributed by atoms with Crippen LogP contribution in [0.25, 0.3) is 0 Å². The molecule has 0 radical (unpaired) electrons. The molecule has 0 aromatic carbocycles. The van der Waals surface area contributed by atoms with Gasteiger partial charge in [-0.25, -0.2) is 4.79 Å². The normalized spacial score (nSPS) is 20.9. The highest BCUT2D eigenvalue weighted by Crippen LogP contribution is 2.07. The molecule has 1 rings (SSSR count). The standard InChI is InChI=1S/C11H21N3O3/c1-14-7-3-4-9(8-14)13-11(17)12-6-2-5-10(15)16/h9H,2-8H2,1H3,(H,15,16)(H2,12,13,17). The van der Waals surface area contributed by atoms with Gasteiger partial charge in [-0.15, -0.1) is 0 Å². The summed E-state index contributed by atoms with van der Waals surface area (Å²) < 4.78 is 0. The highest BCUT2D eigenvalue weighted by atomic mass is 16.4. The molecule has 0 bridgehead atoms. The van der Waals surface area contributed by atoms with Crippen LogP contribution < -0.4 is 10.6 Å². The number of likely N-dealkylation sites (tertiary alicyclic amines) is 1. The van der Waals surface area contributed by atoms with Gasteiger partial charge in [-0.05, 0) is 32.9 Å². The maximum atomic E-state index is 11.5. The highest BCUT2D eigenvalue weighted by Gasteiger charge is 2.18. The lowest BCUT2D eigenvalue weighted by Gasteiger charge is -2.30. The zero-order valence-electron chi connectivity index (χ0n) is 10.2. The van der Waals surface area contributed by atoms with E-state index in [4.69, 9.17) is 5.11 Å². The molecule has 1 aliphatic rings. The summed E-state index contributed by atoms with van der Waals surface area (Å²) >= 11 is 0. The summed E-state index contributed by atoms with van der Waals surface area (Å²) in [5.74, 6) is -0.832. The second-order valence-corrected chi connectivity index (χ2v) is 4.50. The number of rotatable bonds is 5. The van der Waals surface area contributed by atoms with Crippen molar-refractivity contribution < 1.29 is 14.7 Å². The molecule has 6 heteroatoms. The summed E-state index contributed by atoms with van der Waals surface area (Å²) in [6, 6.07) is 0.00362. The van der Waals surface area contributed by atoms with Crippen molar-refractivity contribution in [2.24, 2.45) is 0 Å². The molecule has 1 atom stereocenters. The quantitative estimate of drug-likeness (QED) is 0.604. The van der Waals surface area contributed by atoms with E-state index in [0.29, 0.717) is 13.0 Å². The maximum absolute atomic E-state index is 11.5. The molecule has 6 nitrogen and oxygen atoms in total. The van der Waals surface area contributed by atoms with Gasteiger partial charge in [-0.3, -0.25) is 4.79 Å². The molecule has 1 aliphatic heterocycles. The average molecular weight is 243 g/mol. The Labute approximate surface area is 101 Å². The van der Waals surface area contributed by atoms with Crippen molar-refractivity contribution in [3.8, 4) is 0 Å². The number of carboxylic acid groups (broad SMARTS) is 1. The first-order valence-corrected chi connectivity index (χ1v) is 6.02. The summed E-state index contributed by atoms with van der Waals surface area (Å²) in [5, 5.41) is 14.0. The second kappa shape index (κ2) is 7.11. The molecule has 1 saturated heterocycles. The first-order valence-electron chi connectivity index (χ1n) is 6.02. The molecule has 3 N–H and O–H groups in total. The van der Waals surface area contributed by atoms with Crippen molar-refractivity contribution in [3.63, 3.8) is 0 Å². The van der Waals surface area contributed by atoms with Crippen LogP contribution in [0.15, 0.2) is 0 Å². The Morgan fingerprint density at radius 3 is 2.88 bits per heavy atom. The molecular formula is C11H21N3O3. The van der Waals surface area contributed by atoms with E-state index in [1.807, 2.05) is 7.05 Å². The summed E-state index contributed by atoms with van der Waals surface area (Å²) in [6.07, 6.45) is 2.66. The molecule has 1 unspecified atom stereocenters. The molecule has 1 fully saturated rings. The van der Waals surface area contributed by atoms with Gasteiger partial charge in [0.15, 0.2) is 0 Å². The number of carboxylic acids is 1. The van der Waals surface area contributed by atoms with Crippen molar-refractivity contribution in [3.05, 3.63) is 0 Å². The fraction of sp³-hybridized carbons (Fsp3) is 0.818. The van der Waals surface area contributed by atoms with Gasteiger partial charge in [-0.1, -0.05) is 0 Å². The molecule has 98 valence electrons. The van der Waals surface area contributed by atoms with Gasteiger partial charge < -0.3 is 20.6 Å². The minimum atomic E-state index is -0.832. The van der Waals surface area contributed by atoms with Gasteiger partial charge in [-0.2, -0.15) is 0 Å². The maximum Gasteiger partial charge on any atom is 0.315 e. The summed E-state index contributed by atoms with van der Waals surface area (Å²) in [6.45, 7) is 2.36. The van der Waals surface area contributed by atoms with E-state index in [9.17, 15) is 9.59 Å². The van der Waals surface area contributed by atoms with E-state index in [1.165, 1.54) is 0 Å². The number of carbonyl (C=O) groups is 2. The Hall–Kier alpha value is -1.30. The third-order valence-corrected chi connectivity index (χ3v) is 2.81. The van der Waals surface area contributed by atoms with Crippen LogP contribution in [0.2, 0.25) is 0 Å². The Balaban J connectivity index is 2.09. The number of nitrogens with zero attached hydrogens (tertiary/aromatic N) is 1. The number of piperidine rings is 1. The molecule has 17 heavy (non-hydrogen) atoms. The Morgan fingerprint density at radius 1 is 1.47 bits per heavy atom. The van der Waals surface area contributed by atoms with Crippen LogP contribution in [-0.2, 0) is 4.79 Å². The smallest absolute Gasteiger partial charge is 0.315 e. The molecule has 0 spiro atoms. The van der Waals surface area contributed by atoms with Gasteiger partial charge >= 0.3 is 12.0 Å². The first kappa shape index (κ1) is 13.8. The van der Waals surface area contributed by atoms with Crippen molar-refractivity contribution in [2.45, 2.75) is 31.7 Å². The third kappa shape index (κ3) is 6.11. The minimum absolute atomic E-state index is 0.0897. The number of aliphatic carboxylic acids is 1. The average Bonchev–Trinajstić information content (AvgIpc) is 2.24.